The number of primary amides is 1. The molecule has 0 fully saturated rings. The lowest BCUT2D eigenvalue weighted by atomic mass is 9.77. The van der Waals surface area contributed by atoms with Gasteiger partial charge in [-0.1, -0.05) is 30.3 Å². The van der Waals surface area contributed by atoms with Crippen LogP contribution in [0.1, 0.15) is 27.0 Å². The molecule has 0 radical (unpaired) electrons. The number of carbonyl (C=O) groups excluding carboxylic acids is 2. The van der Waals surface area contributed by atoms with E-state index < -0.39 is 11.3 Å². The highest BCUT2D eigenvalue weighted by Crippen LogP contribution is 2.54. The molecule has 1 unspecified atom stereocenters. The first-order valence-electron chi connectivity index (χ1n) is 10.4. The quantitative estimate of drug-likeness (QED) is 0.693. The molecule has 1 spiro atoms. The summed E-state index contributed by atoms with van der Waals surface area (Å²) in [4.78, 5) is 27.2. The maximum absolute atomic E-state index is 14.0. The number of anilines is 1. The van der Waals surface area contributed by atoms with Crippen LogP contribution in [0.5, 0.6) is 17.2 Å². The van der Waals surface area contributed by atoms with Crippen LogP contribution in [0.3, 0.4) is 0 Å². The molecule has 2 N–H and O–H groups in total. The Labute approximate surface area is 184 Å². The van der Waals surface area contributed by atoms with Crippen molar-refractivity contribution in [3.8, 4) is 17.2 Å². The topological polar surface area (TPSA) is 91.1 Å². The van der Waals surface area contributed by atoms with Crippen molar-refractivity contribution in [1.82, 2.24) is 0 Å². The van der Waals surface area contributed by atoms with E-state index in [0.29, 0.717) is 42.6 Å². The van der Waals surface area contributed by atoms with Crippen molar-refractivity contribution < 1.29 is 23.8 Å². The van der Waals surface area contributed by atoms with Gasteiger partial charge in [-0.05, 0) is 35.4 Å². The third-order valence-electron chi connectivity index (χ3n) is 6.39. The van der Waals surface area contributed by atoms with E-state index in [2.05, 4.69) is 0 Å². The Morgan fingerprint density at radius 3 is 2.38 bits per heavy atom. The van der Waals surface area contributed by atoms with Gasteiger partial charge in [0.25, 0.3) is 0 Å². The van der Waals surface area contributed by atoms with Crippen molar-refractivity contribution in [3.05, 3.63) is 82.9 Å². The molecule has 6 rings (SSSR count). The van der Waals surface area contributed by atoms with Crippen LogP contribution in [-0.2, 0) is 16.8 Å². The fraction of sp³-hybridized carbons (Fsp3) is 0.200. The summed E-state index contributed by atoms with van der Waals surface area (Å²) >= 11 is 0. The van der Waals surface area contributed by atoms with Crippen molar-refractivity contribution >= 4 is 17.5 Å². The predicted octanol–water partition coefficient (Wildman–Crippen LogP) is 2.78. The number of carbonyl (C=O) groups is 2. The smallest absolute Gasteiger partial charge is 0.248 e. The van der Waals surface area contributed by atoms with Gasteiger partial charge in [0.2, 0.25) is 11.8 Å². The molecule has 0 bridgehead atoms. The van der Waals surface area contributed by atoms with Gasteiger partial charge < -0.3 is 24.8 Å². The molecule has 2 amide bonds. The van der Waals surface area contributed by atoms with Gasteiger partial charge in [-0.2, -0.15) is 0 Å². The first kappa shape index (κ1) is 18.7. The molecule has 3 aromatic carbocycles. The average molecular weight is 428 g/mol. The van der Waals surface area contributed by atoms with Gasteiger partial charge in [0, 0.05) is 22.9 Å². The maximum atomic E-state index is 14.0. The molecule has 3 heterocycles. The molecule has 0 aliphatic carbocycles. The normalized spacial score (nSPS) is 20.1. The summed E-state index contributed by atoms with van der Waals surface area (Å²) in [5.74, 6) is 1.38. The lowest BCUT2D eigenvalue weighted by molar-refractivity contribution is -0.122. The van der Waals surface area contributed by atoms with Gasteiger partial charge in [0.15, 0.2) is 11.5 Å². The predicted molar refractivity (Wildman–Crippen MR) is 116 cm³/mol. The van der Waals surface area contributed by atoms with E-state index in [1.807, 2.05) is 48.5 Å². The van der Waals surface area contributed by atoms with Crippen LogP contribution in [0.4, 0.5) is 5.69 Å². The van der Waals surface area contributed by atoms with Gasteiger partial charge in [0.1, 0.15) is 31.0 Å². The minimum absolute atomic E-state index is 0.0481. The Bertz CT molecular complexity index is 1270. The van der Waals surface area contributed by atoms with E-state index >= 15 is 0 Å². The number of nitrogens with zero attached hydrogens (tertiary/aromatic N) is 1. The lowest BCUT2D eigenvalue weighted by Crippen LogP contribution is -2.42. The summed E-state index contributed by atoms with van der Waals surface area (Å²) in [7, 11) is 0. The number of benzene rings is 3. The standard InChI is InChI=1S/C25H20N2O5/c26-23(28)16-7-5-15(6-8-16)13-27-19-4-2-1-3-17(19)25(24(27)29)14-32-20-12-22-21(11-18(20)25)30-9-10-31-22/h1-8,11-12H,9-10,13-14H2,(H2,26,28). The molecular weight excluding hydrogens is 408 g/mol. The summed E-state index contributed by atoms with van der Waals surface area (Å²) in [6.07, 6.45) is 0. The van der Waals surface area contributed by atoms with Gasteiger partial charge in [-0.25, -0.2) is 0 Å². The van der Waals surface area contributed by atoms with E-state index in [4.69, 9.17) is 19.9 Å². The Kier molecular flexibility index (Phi) is 3.95. The Morgan fingerprint density at radius 1 is 0.906 bits per heavy atom. The van der Waals surface area contributed by atoms with Gasteiger partial charge in [0.05, 0.1) is 6.54 Å². The summed E-state index contributed by atoms with van der Waals surface area (Å²) < 4.78 is 17.5. The van der Waals surface area contributed by atoms with Crippen LogP contribution in [0.25, 0.3) is 0 Å². The van der Waals surface area contributed by atoms with Crippen LogP contribution < -0.4 is 24.8 Å². The largest absolute Gasteiger partial charge is 0.491 e. The van der Waals surface area contributed by atoms with Crippen molar-refractivity contribution in [1.29, 1.82) is 0 Å². The lowest BCUT2D eigenvalue weighted by Gasteiger charge is -2.24. The first-order chi connectivity index (χ1) is 15.6. The number of para-hydroxylation sites is 1. The highest BCUT2D eigenvalue weighted by Gasteiger charge is 2.57. The molecule has 32 heavy (non-hydrogen) atoms. The first-order valence-corrected chi connectivity index (χ1v) is 10.4. The summed E-state index contributed by atoms with van der Waals surface area (Å²) in [5.41, 5.74) is 8.30. The molecule has 7 nitrogen and oxygen atoms in total. The number of hydrogen-bond donors (Lipinski definition) is 1. The number of nitrogens with two attached hydrogens (primary N) is 1. The van der Waals surface area contributed by atoms with Crippen molar-refractivity contribution in [2.75, 3.05) is 24.7 Å². The highest BCUT2D eigenvalue weighted by molar-refractivity contribution is 6.11. The minimum atomic E-state index is -0.936. The number of rotatable bonds is 3. The van der Waals surface area contributed by atoms with Crippen LogP contribution in [0, 0.1) is 0 Å². The summed E-state index contributed by atoms with van der Waals surface area (Å²) in [6.45, 7) is 1.55. The molecular formula is C25H20N2O5. The second kappa shape index (κ2) is 6.75. The fourth-order valence-corrected chi connectivity index (χ4v) is 4.83. The Hall–Kier alpha value is -4.00. The second-order valence-corrected chi connectivity index (χ2v) is 8.16. The third-order valence-corrected chi connectivity index (χ3v) is 6.39. The number of hydrogen-bond acceptors (Lipinski definition) is 5. The summed E-state index contributed by atoms with van der Waals surface area (Å²) in [5, 5.41) is 0. The monoisotopic (exact) mass is 428 g/mol. The van der Waals surface area contributed by atoms with Gasteiger partial charge >= 0.3 is 0 Å². The van der Waals surface area contributed by atoms with Gasteiger partial charge in [-0.3, -0.25) is 9.59 Å². The minimum Gasteiger partial charge on any atom is -0.491 e. The zero-order chi connectivity index (χ0) is 21.9. The number of ether oxygens (including phenoxy) is 3. The SMILES string of the molecule is NC(=O)c1ccc(CN2C(=O)C3(COc4cc5c(cc43)OCCO5)c3ccccc32)cc1. The maximum Gasteiger partial charge on any atom is 0.248 e. The number of fused-ring (bicyclic) bond motifs is 5. The summed E-state index contributed by atoms with van der Waals surface area (Å²) in [6, 6.07) is 18.5. The molecule has 3 aromatic rings. The van der Waals surface area contributed by atoms with Crippen molar-refractivity contribution in [2.45, 2.75) is 12.0 Å². The molecule has 1 atom stereocenters. The van der Waals surface area contributed by atoms with E-state index in [-0.39, 0.29) is 12.5 Å². The third kappa shape index (κ3) is 2.54. The molecule has 3 aliphatic heterocycles. The van der Waals surface area contributed by atoms with E-state index in [1.165, 1.54) is 0 Å². The zero-order valence-electron chi connectivity index (χ0n) is 17.2. The second-order valence-electron chi connectivity index (χ2n) is 8.16. The van der Waals surface area contributed by atoms with E-state index in [1.54, 1.807) is 17.0 Å². The van der Waals surface area contributed by atoms with Crippen molar-refractivity contribution in [3.63, 3.8) is 0 Å². The fourth-order valence-electron chi connectivity index (χ4n) is 4.83. The molecule has 3 aliphatic rings. The van der Waals surface area contributed by atoms with Crippen LogP contribution in [0.15, 0.2) is 60.7 Å². The Morgan fingerprint density at radius 2 is 1.62 bits per heavy atom. The zero-order valence-corrected chi connectivity index (χ0v) is 17.2. The number of amides is 2. The molecule has 7 heteroatoms. The van der Waals surface area contributed by atoms with Crippen LogP contribution in [0.2, 0.25) is 0 Å². The van der Waals surface area contributed by atoms with Crippen LogP contribution in [-0.4, -0.2) is 31.6 Å². The van der Waals surface area contributed by atoms with Crippen molar-refractivity contribution in [2.24, 2.45) is 5.73 Å². The average Bonchev–Trinajstić information content (AvgIpc) is 3.30. The van der Waals surface area contributed by atoms with Gasteiger partial charge in [-0.15, -0.1) is 0 Å². The van der Waals surface area contributed by atoms with E-state index in [9.17, 15) is 9.59 Å². The molecule has 0 saturated heterocycles. The van der Waals surface area contributed by atoms with Crippen LogP contribution >= 0.6 is 0 Å². The molecule has 0 saturated carbocycles. The Balaban J connectivity index is 1.44. The molecule has 0 aromatic heterocycles. The highest BCUT2D eigenvalue weighted by atomic mass is 16.6. The van der Waals surface area contributed by atoms with E-state index in [0.717, 1.165) is 22.4 Å². The molecule has 160 valence electrons.